The van der Waals surface area contributed by atoms with Gasteiger partial charge in [0.15, 0.2) is 21.2 Å². The molecule has 17 heteroatoms. The Morgan fingerprint density at radius 3 is 2.54 bits per heavy atom. The van der Waals surface area contributed by atoms with Gasteiger partial charge in [0, 0.05) is 10.7 Å². The van der Waals surface area contributed by atoms with E-state index in [4.69, 9.17) is 10.5 Å². The number of amides is 2. The fourth-order valence-electron chi connectivity index (χ4n) is 4.97. The van der Waals surface area contributed by atoms with Crippen molar-refractivity contribution in [3.05, 3.63) is 94.1 Å². The Labute approximate surface area is 278 Å². The van der Waals surface area contributed by atoms with Crippen molar-refractivity contribution in [2.24, 2.45) is 0 Å². The summed E-state index contributed by atoms with van der Waals surface area (Å²) in [4.78, 5) is 51.4. The van der Waals surface area contributed by atoms with Gasteiger partial charge in [-0.15, -0.1) is 22.0 Å². The Bertz CT molecular complexity index is 1900. The second kappa shape index (κ2) is 13.1. The standard InChI is InChI=1S/C29H23N9O4S4/c30-23-17-11-31-36-24(17)35-28(34-23)46-18-12-43-26-20(33-19(39)13-44-29-37-32-14-45-29)25(40)38(26)21(18)27(41)42-22(15-7-3-1-4-8-15)16-9-5-2-6-10-16/h1-11,14,20,22,26H,12-13H2,(H,33,39)(H3,30,31,34,35,36)/t20?,26-/m1/s1. The maximum Gasteiger partial charge on any atom is 0.356 e. The molecule has 1 fully saturated rings. The summed E-state index contributed by atoms with van der Waals surface area (Å²) in [5, 5.41) is 17.6. The molecule has 0 aliphatic carbocycles. The summed E-state index contributed by atoms with van der Waals surface area (Å²) in [6.07, 6.45) is 0.800. The Balaban J connectivity index is 1.19. The number of hydrogen-bond donors (Lipinski definition) is 3. The van der Waals surface area contributed by atoms with E-state index in [2.05, 4.69) is 35.7 Å². The molecule has 5 aromatic rings. The predicted octanol–water partition coefficient (Wildman–Crippen LogP) is 3.62. The summed E-state index contributed by atoms with van der Waals surface area (Å²) in [6, 6.07) is 18.0. The van der Waals surface area contributed by atoms with Gasteiger partial charge in [-0.2, -0.15) is 5.10 Å². The van der Waals surface area contributed by atoms with Crippen molar-refractivity contribution in [3.8, 4) is 0 Å². The number of benzene rings is 2. The van der Waals surface area contributed by atoms with Gasteiger partial charge < -0.3 is 15.8 Å². The lowest BCUT2D eigenvalue weighted by Crippen LogP contribution is -2.70. The van der Waals surface area contributed by atoms with Crippen molar-refractivity contribution in [2.75, 3.05) is 17.2 Å². The second-order valence-corrected chi connectivity index (χ2v) is 14.2. The van der Waals surface area contributed by atoms with Crippen LogP contribution in [0.5, 0.6) is 0 Å². The largest absolute Gasteiger partial charge is 0.448 e. The molecule has 1 saturated heterocycles. The molecule has 3 aromatic heterocycles. The summed E-state index contributed by atoms with van der Waals surface area (Å²) < 4.78 is 6.87. The number of H-pyrrole nitrogens is 1. The van der Waals surface area contributed by atoms with Crippen LogP contribution >= 0.6 is 46.6 Å². The summed E-state index contributed by atoms with van der Waals surface area (Å²) in [6.45, 7) is 0. The van der Waals surface area contributed by atoms with Gasteiger partial charge >= 0.3 is 5.97 Å². The molecule has 0 saturated carbocycles. The number of aromatic nitrogens is 6. The zero-order valence-electron chi connectivity index (χ0n) is 23.6. The molecule has 232 valence electrons. The first-order valence-electron chi connectivity index (χ1n) is 13.8. The third kappa shape index (κ3) is 6.05. The SMILES string of the molecule is Nc1nc(SC2=C(C(=O)OC(c3ccccc3)c3ccccc3)N3C(=O)C(NC(=O)CSc4nncs4)[C@H]3SC2)nc2[nH]ncc12. The zero-order valence-corrected chi connectivity index (χ0v) is 26.9. The number of thioether (sulfide) groups is 3. The van der Waals surface area contributed by atoms with E-state index >= 15 is 0 Å². The molecule has 7 rings (SSSR count). The van der Waals surface area contributed by atoms with E-state index in [1.807, 2.05) is 60.7 Å². The van der Waals surface area contributed by atoms with Gasteiger partial charge in [-0.3, -0.25) is 19.6 Å². The maximum atomic E-state index is 14.2. The Morgan fingerprint density at radius 1 is 1.11 bits per heavy atom. The van der Waals surface area contributed by atoms with Crippen molar-refractivity contribution < 1.29 is 19.1 Å². The monoisotopic (exact) mass is 689 g/mol. The lowest BCUT2D eigenvalue weighted by molar-refractivity contribution is -0.154. The van der Waals surface area contributed by atoms with Crippen LogP contribution in [-0.4, -0.2) is 76.0 Å². The Hall–Kier alpha value is -4.45. The van der Waals surface area contributed by atoms with Crippen molar-refractivity contribution in [1.82, 2.24) is 40.6 Å². The number of fused-ring (bicyclic) bond motifs is 2. The van der Waals surface area contributed by atoms with E-state index in [-0.39, 0.29) is 28.3 Å². The van der Waals surface area contributed by atoms with Gasteiger partial charge in [-0.05, 0) is 11.1 Å². The number of rotatable bonds is 10. The van der Waals surface area contributed by atoms with Crippen molar-refractivity contribution in [1.29, 1.82) is 0 Å². The van der Waals surface area contributed by atoms with E-state index in [9.17, 15) is 14.4 Å². The third-order valence-corrected chi connectivity index (χ3v) is 11.3. The number of carbonyl (C=O) groups excluding carboxylic acids is 3. The van der Waals surface area contributed by atoms with Crippen LogP contribution in [0.25, 0.3) is 11.0 Å². The van der Waals surface area contributed by atoms with Crippen LogP contribution < -0.4 is 11.1 Å². The third-order valence-electron chi connectivity index (χ3n) is 7.07. The number of β-lactam (4-membered cyclic amide) rings is 1. The van der Waals surface area contributed by atoms with Crippen LogP contribution in [0, 0.1) is 0 Å². The van der Waals surface area contributed by atoms with Gasteiger partial charge in [0.2, 0.25) is 5.91 Å². The number of ether oxygens (including phenoxy) is 1. The topological polar surface area (TPSA) is 182 Å². The van der Waals surface area contributed by atoms with Crippen molar-refractivity contribution >= 4 is 81.3 Å². The number of hydrogen-bond acceptors (Lipinski definition) is 14. The molecule has 2 aliphatic rings. The van der Waals surface area contributed by atoms with Crippen LogP contribution in [0.3, 0.4) is 0 Å². The minimum absolute atomic E-state index is 0.0763. The summed E-state index contributed by atoms with van der Waals surface area (Å²) in [5.41, 5.74) is 9.80. The van der Waals surface area contributed by atoms with Crippen LogP contribution in [0.1, 0.15) is 17.2 Å². The van der Waals surface area contributed by atoms with Gasteiger partial charge in [0.05, 0.1) is 17.3 Å². The molecule has 0 spiro atoms. The molecule has 5 heterocycles. The minimum atomic E-state index is -0.811. The summed E-state index contributed by atoms with van der Waals surface area (Å²) >= 11 is 5.12. The molecule has 0 bridgehead atoms. The zero-order chi connectivity index (χ0) is 31.6. The highest BCUT2D eigenvalue weighted by Crippen LogP contribution is 2.46. The molecule has 2 amide bonds. The van der Waals surface area contributed by atoms with Crippen LogP contribution in [0.15, 0.2) is 92.5 Å². The smallest absolute Gasteiger partial charge is 0.356 e. The molecule has 4 N–H and O–H groups in total. The molecule has 2 aliphatic heterocycles. The normalized spacial score (nSPS) is 17.6. The average Bonchev–Trinajstić information content (AvgIpc) is 3.79. The minimum Gasteiger partial charge on any atom is -0.448 e. The van der Waals surface area contributed by atoms with Gasteiger partial charge in [0.25, 0.3) is 5.91 Å². The highest BCUT2D eigenvalue weighted by atomic mass is 32.2. The van der Waals surface area contributed by atoms with E-state index in [0.29, 0.717) is 26.0 Å². The predicted molar refractivity (Wildman–Crippen MR) is 175 cm³/mol. The molecule has 1 unspecified atom stereocenters. The van der Waals surface area contributed by atoms with E-state index < -0.39 is 29.4 Å². The number of anilines is 1. The number of nitrogens with zero attached hydrogens (tertiary/aromatic N) is 6. The van der Waals surface area contributed by atoms with E-state index in [1.54, 1.807) is 5.51 Å². The van der Waals surface area contributed by atoms with E-state index in [1.165, 1.54) is 46.0 Å². The maximum absolute atomic E-state index is 14.2. The lowest BCUT2D eigenvalue weighted by Gasteiger charge is -2.49. The van der Waals surface area contributed by atoms with E-state index in [0.717, 1.165) is 22.9 Å². The fraction of sp³-hybridized carbons (Fsp3) is 0.172. The summed E-state index contributed by atoms with van der Waals surface area (Å²) in [7, 11) is 0. The molecule has 2 aromatic carbocycles. The first kappa shape index (κ1) is 30.2. The molecule has 46 heavy (non-hydrogen) atoms. The average molecular weight is 690 g/mol. The number of nitrogens with two attached hydrogens (primary N) is 1. The first-order valence-corrected chi connectivity index (χ1v) is 17.5. The molecule has 2 atom stereocenters. The number of aromatic amines is 1. The Morgan fingerprint density at radius 2 is 1.85 bits per heavy atom. The van der Waals surface area contributed by atoms with Crippen LogP contribution in [-0.2, 0) is 19.1 Å². The number of nitrogen functional groups attached to an aromatic ring is 1. The Kier molecular flexibility index (Phi) is 8.61. The highest BCUT2D eigenvalue weighted by Gasteiger charge is 2.55. The van der Waals surface area contributed by atoms with Gasteiger partial charge in [-0.1, -0.05) is 95.5 Å². The van der Waals surface area contributed by atoms with Crippen LogP contribution in [0.2, 0.25) is 0 Å². The molecule has 0 radical (unpaired) electrons. The van der Waals surface area contributed by atoms with Gasteiger partial charge in [-0.25, -0.2) is 14.8 Å². The number of nitrogens with one attached hydrogen (secondary N) is 2. The molecular formula is C29H23N9O4S4. The first-order chi connectivity index (χ1) is 22.5. The van der Waals surface area contributed by atoms with Crippen molar-refractivity contribution in [3.63, 3.8) is 0 Å². The van der Waals surface area contributed by atoms with Crippen LogP contribution in [0.4, 0.5) is 5.82 Å². The van der Waals surface area contributed by atoms with Crippen molar-refractivity contribution in [2.45, 2.75) is 27.0 Å². The number of esters is 1. The molecular weight excluding hydrogens is 667 g/mol. The fourth-order valence-corrected chi connectivity index (χ4v) is 8.68. The lowest BCUT2D eigenvalue weighted by atomic mass is 10.0. The second-order valence-electron chi connectivity index (χ2n) is 9.95. The molecule has 13 nitrogen and oxygen atoms in total. The highest BCUT2D eigenvalue weighted by molar-refractivity contribution is 8.06. The van der Waals surface area contributed by atoms with Gasteiger partial charge in [0.1, 0.15) is 28.4 Å². The number of carbonyl (C=O) groups is 3. The quantitative estimate of drug-likeness (QED) is 0.0838. The summed E-state index contributed by atoms with van der Waals surface area (Å²) in [5.74, 6) is -0.789.